The Kier molecular flexibility index (Phi) is 5.32. The number of pyridine rings is 2. The standard InChI is InChI=1S/C25H26FN5O4/c1-12-16(8-30-24-23(12)28-4-5-34-24)15-6-14-7-20(29-9-17(14)22(27)21(15)26)31-25(32)35-19-11-33-10-18(19)13-2-3-13/h6-9,13,18-19,28H,2-5,10-11,27H2,1H3,(H,29,31,32). The van der Waals surface area contributed by atoms with Crippen molar-refractivity contribution in [2.75, 3.05) is 42.7 Å². The molecule has 10 heteroatoms. The quantitative estimate of drug-likeness (QED) is 0.478. The summed E-state index contributed by atoms with van der Waals surface area (Å²) in [6.07, 6.45) is 4.51. The SMILES string of the molecule is Cc1c(-c2cc3cc(NC(=O)OC4COCC4C4CC4)ncc3c(N)c2F)cnc2c1NCCO2. The van der Waals surface area contributed by atoms with E-state index < -0.39 is 11.9 Å². The number of fused-ring (bicyclic) bond motifs is 2. The molecule has 1 aliphatic carbocycles. The number of ether oxygens (including phenoxy) is 3. The van der Waals surface area contributed by atoms with Crippen LogP contribution in [0, 0.1) is 24.6 Å². The number of nitrogen functional groups attached to an aromatic ring is 1. The molecule has 4 heterocycles. The van der Waals surface area contributed by atoms with Gasteiger partial charge in [0.1, 0.15) is 24.2 Å². The second-order valence-corrected chi connectivity index (χ2v) is 9.30. The Morgan fingerprint density at radius 3 is 2.91 bits per heavy atom. The minimum absolute atomic E-state index is 0.0177. The van der Waals surface area contributed by atoms with Gasteiger partial charge in [-0.15, -0.1) is 0 Å². The van der Waals surface area contributed by atoms with Crippen molar-refractivity contribution in [1.82, 2.24) is 9.97 Å². The maximum Gasteiger partial charge on any atom is 0.413 e. The molecule has 2 fully saturated rings. The predicted molar refractivity (Wildman–Crippen MR) is 129 cm³/mol. The molecule has 2 unspecified atom stereocenters. The zero-order chi connectivity index (χ0) is 24.1. The van der Waals surface area contributed by atoms with Crippen LogP contribution in [-0.4, -0.2) is 48.5 Å². The third-order valence-electron chi connectivity index (χ3n) is 7.02. The van der Waals surface area contributed by atoms with Gasteiger partial charge < -0.3 is 25.3 Å². The Labute approximate surface area is 201 Å². The largest absolute Gasteiger partial charge is 0.474 e. The van der Waals surface area contributed by atoms with Gasteiger partial charge in [0.25, 0.3) is 0 Å². The van der Waals surface area contributed by atoms with E-state index in [0.29, 0.717) is 60.1 Å². The summed E-state index contributed by atoms with van der Waals surface area (Å²) in [5.74, 6) is 1.07. The number of halogens is 1. The van der Waals surface area contributed by atoms with E-state index in [9.17, 15) is 4.79 Å². The number of carbonyl (C=O) groups is 1. The van der Waals surface area contributed by atoms with E-state index in [-0.39, 0.29) is 23.5 Å². The molecule has 3 aliphatic rings. The Balaban J connectivity index is 1.29. The van der Waals surface area contributed by atoms with E-state index in [4.69, 9.17) is 19.9 Å². The van der Waals surface area contributed by atoms with E-state index in [1.54, 1.807) is 18.3 Å². The monoisotopic (exact) mass is 479 g/mol. The fourth-order valence-electron chi connectivity index (χ4n) is 4.96. The highest BCUT2D eigenvalue weighted by Gasteiger charge is 2.42. The van der Waals surface area contributed by atoms with E-state index in [1.807, 2.05) is 6.92 Å². The first-order valence-corrected chi connectivity index (χ1v) is 11.8. The number of hydrogen-bond donors (Lipinski definition) is 3. The van der Waals surface area contributed by atoms with Crippen molar-refractivity contribution in [1.29, 1.82) is 0 Å². The van der Waals surface area contributed by atoms with Crippen LogP contribution < -0.4 is 21.1 Å². The van der Waals surface area contributed by atoms with E-state index in [0.717, 1.165) is 24.1 Å². The second kappa shape index (κ2) is 8.53. The van der Waals surface area contributed by atoms with E-state index >= 15 is 4.39 Å². The molecule has 4 N–H and O–H groups in total. The lowest BCUT2D eigenvalue weighted by Gasteiger charge is -2.22. The molecule has 0 radical (unpaired) electrons. The number of nitrogens with two attached hydrogens (primary N) is 1. The molecule has 1 amide bonds. The van der Waals surface area contributed by atoms with Crippen molar-refractivity contribution < 1.29 is 23.4 Å². The second-order valence-electron chi connectivity index (χ2n) is 9.30. The lowest BCUT2D eigenvalue weighted by molar-refractivity contribution is 0.0788. The summed E-state index contributed by atoms with van der Waals surface area (Å²) in [4.78, 5) is 21.1. The fraction of sp³-hybridized carbons (Fsp3) is 0.400. The molecule has 182 valence electrons. The average molecular weight is 480 g/mol. The lowest BCUT2D eigenvalue weighted by Crippen LogP contribution is -2.29. The van der Waals surface area contributed by atoms with Crippen LogP contribution in [-0.2, 0) is 9.47 Å². The molecule has 2 aliphatic heterocycles. The molecule has 2 aromatic heterocycles. The molecule has 9 nitrogen and oxygen atoms in total. The lowest BCUT2D eigenvalue weighted by atomic mass is 9.97. The topological polar surface area (TPSA) is 121 Å². The molecule has 35 heavy (non-hydrogen) atoms. The molecule has 0 spiro atoms. The van der Waals surface area contributed by atoms with Gasteiger partial charge in [-0.3, -0.25) is 5.32 Å². The number of nitrogens with zero attached hydrogens (tertiary/aromatic N) is 2. The molecule has 1 saturated heterocycles. The van der Waals surface area contributed by atoms with Gasteiger partial charge in [-0.1, -0.05) is 0 Å². The Morgan fingerprint density at radius 2 is 2.09 bits per heavy atom. The Hall–Kier alpha value is -3.66. The molecular formula is C25H26FN5O4. The van der Waals surface area contributed by atoms with Crippen molar-refractivity contribution in [2.45, 2.75) is 25.9 Å². The predicted octanol–water partition coefficient (Wildman–Crippen LogP) is 4.10. The number of amides is 1. The van der Waals surface area contributed by atoms with E-state index in [1.165, 1.54) is 6.20 Å². The molecule has 0 bridgehead atoms. The Bertz CT molecular complexity index is 1330. The number of hydrogen-bond acceptors (Lipinski definition) is 8. The highest BCUT2D eigenvalue weighted by Crippen LogP contribution is 2.42. The molecule has 6 rings (SSSR count). The van der Waals surface area contributed by atoms with Crippen molar-refractivity contribution in [3.63, 3.8) is 0 Å². The summed E-state index contributed by atoms with van der Waals surface area (Å²) in [5, 5.41) is 7.03. The minimum Gasteiger partial charge on any atom is -0.474 e. The van der Waals surface area contributed by atoms with Crippen LogP contribution in [0.15, 0.2) is 24.5 Å². The summed E-state index contributed by atoms with van der Waals surface area (Å²) in [5.41, 5.74) is 8.60. The number of carbonyl (C=O) groups excluding carboxylic acids is 1. The maximum atomic E-state index is 15.3. The van der Waals surface area contributed by atoms with Crippen molar-refractivity contribution in [3.8, 4) is 17.0 Å². The summed E-state index contributed by atoms with van der Waals surface area (Å²) in [6, 6.07) is 3.34. The Morgan fingerprint density at radius 1 is 1.23 bits per heavy atom. The van der Waals surface area contributed by atoms with Crippen LogP contribution in [0.2, 0.25) is 0 Å². The number of aromatic nitrogens is 2. The summed E-state index contributed by atoms with van der Waals surface area (Å²) < 4.78 is 32.1. The fourth-order valence-corrected chi connectivity index (χ4v) is 4.96. The van der Waals surface area contributed by atoms with Gasteiger partial charge in [0.2, 0.25) is 5.88 Å². The van der Waals surface area contributed by atoms with Gasteiger partial charge >= 0.3 is 6.09 Å². The van der Waals surface area contributed by atoms with Crippen LogP contribution in [0.3, 0.4) is 0 Å². The first kappa shape index (κ1) is 21.8. The molecule has 1 aromatic carbocycles. The summed E-state index contributed by atoms with van der Waals surface area (Å²) >= 11 is 0. The third-order valence-corrected chi connectivity index (χ3v) is 7.02. The molecule has 2 atom stereocenters. The average Bonchev–Trinajstić information content (AvgIpc) is 3.60. The van der Waals surface area contributed by atoms with Gasteiger partial charge in [-0.2, -0.15) is 0 Å². The third kappa shape index (κ3) is 3.97. The number of anilines is 3. The van der Waals surface area contributed by atoms with Crippen molar-refractivity contribution in [3.05, 3.63) is 35.9 Å². The first-order valence-electron chi connectivity index (χ1n) is 11.8. The minimum atomic E-state index is -0.589. The number of rotatable bonds is 4. The maximum absolute atomic E-state index is 15.3. The summed E-state index contributed by atoms with van der Waals surface area (Å²) in [7, 11) is 0. The zero-order valence-electron chi connectivity index (χ0n) is 19.3. The van der Waals surface area contributed by atoms with E-state index in [2.05, 4.69) is 20.6 Å². The van der Waals surface area contributed by atoms with Gasteiger partial charge in [-0.05, 0) is 48.8 Å². The molecule has 1 saturated carbocycles. The van der Waals surface area contributed by atoms with Crippen LogP contribution in [0.25, 0.3) is 21.9 Å². The van der Waals surface area contributed by atoms with Gasteiger partial charge in [0.05, 0.1) is 18.9 Å². The van der Waals surface area contributed by atoms with Crippen molar-refractivity contribution in [2.24, 2.45) is 11.8 Å². The van der Waals surface area contributed by atoms with Crippen LogP contribution in [0.4, 0.5) is 26.4 Å². The first-order chi connectivity index (χ1) is 17.0. The van der Waals surface area contributed by atoms with Gasteiger partial charge in [-0.25, -0.2) is 19.2 Å². The van der Waals surface area contributed by atoms with Crippen LogP contribution in [0.1, 0.15) is 18.4 Å². The van der Waals surface area contributed by atoms with Gasteiger partial charge in [0, 0.05) is 41.4 Å². The van der Waals surface area contributed by atoms with Crippen LogP contribution in [0.5, 0.6) is 5.88 Å². The zero-order valence-corrected chi connectivity index (χ0v) is 19.3. The highest BCUT2D eigenvalue weighted by molar-refractivity contribution is 5.99. The normalized spacial score (nSPS) is 21.2. The number of nitrogens with one attached hydrogen (secondary N) is 2. The highest BCUT2D eigenvalue weighted by atomic mass is 19.1. The summed E-state index contributed by atoms with van der Waals surface area (Å²) in [6.45, 7) is 4.09. The van der Waals surface area contributed by atoms with Crippen molar-refractivity contribution >= 4 is 34.1 Å². The molecular weight excluding hydrogens is 453 g/mol. The molecule has 3 aromatic rings. The number of benzene rings is 1. The van der Waals surface area contributed by atoms with Gasteiger partial charge in [0.15, 0.2) is 5.82 Å². The van der Waals surface area contributed by atoms with Crippen LogP contribution >= 0.6 is 0 Å². The smallest absolute Gasteiger partial charge is 0.413 e.